The zero-order valence-corrected chi connectivity index (χ0v) is 14.8. The summed E-state index contributed by atoms with van der Waals surface area (Å²) in [4.78, 5) is 5.14. The van der Waals surface area contributed by atoms with Gasteiger partial charge < -0.3 is 4.90 Å². The van der Waals surface area contributed by atoms with Gasteiger partial charge in [0.1, 0.15) is 0 Å². The lowest BCUT2D eigenvalue weighted by molar-refractivity contribution is 0.134. The van der Waals surface area contributed by atoms with E-state index in [4.69, 9.17) is 0 Å². The highest BCUT2D eigenvalue weighted by molar-refractivity contribution is 4.74. The molecule has 0 aromatic carbocycles. The van der Waals surface area contributed by atoms with Gasteiger partial charge in [-0.2, -0.15) is 0 Å². The molecule has 0 saturated heterocycles. The normalized spacial score (nSPS) is 14.7. The third-order valence-electron chi connectivity index (χ3n) is 4.29. The second-order valence-electron chi connectivity index (χ2n) is 7.22. The van der Waals surface area contributed by atoms with Gasteiger partial charge in [0.05, 0.1) is 0 Å². The minimum atomic E-state index is 0.444. The first-order chi connectivity index (χ1) is 8.73. The molecular weight excluding hydrogens is 232 g/mol. The Morgan fingerprint density at radius 2 is 1.58 bits per heavy atom. The molecule has 0 rings (SSSR count). The van der Waals surface area contributed by atoms with Crippen LogP contribution in [0.4, 0.5) is 0 Å². The maximum absolute atomic E-state index is 2.64. The van der Waals surface area contributed by atoms with Crippen molar-refractivity contribution >= 4 is 0 Å². The van der Waals surface area contributed by atoms with Crippen LogP contribution in [-0.2, 0) is 0 Å². The van der Waals surface area contributed by atoms with Gasteiger partial charge in [-0.1, -0.05) is 27.7 Å². The monoisotopic (exact) mass is 270 g/mol. The lowest BCUT2D eigenvalue weighted by Gasteiger charge is -2.35. The second kappa shape index (κ2) is 8.97. The predicted octanol–water partition coefficient (Wildman–Crippen LogP) is 4.25. The Morgan fingerprint density at radius 3 is 2.00 bits per heavy atom. The van der Waals surface area contributed by atoms with Gasteiger partial charge >= 0.3 is 0 Å². The van der Waals surface area contributed by atoms with Crippen LogP contribution in [0.3, 0.4) is 0 Å². The van der Waals surface area contributed by atoms with Gasteiger partial charge in [0.2, 0.25) is 0 Å². The van der Waals surface area contributed by atoms with Gasteiger partial charge in [-0.15, -0.1) is 0 Å². The van der Waals surface area contributed by atoms with E-state index >= 15 is 0 Å². The highest BCUT2D eigenvalue weighted by Crippen LogP contribution is 2.21. The third kappa shape index (κ3) is 7.94. The van der Waals surface area contributed by atoms with Crippen molar-refractivity contribution in [2.24, 2.45) is 5.41 Å². The molecule has 0 aromatic rings. The summed E-state index contributed by atoms with van der Waals surface area (Å²) in [5.74, 6) is 0. The van der Waals surface area contributed by atoms with Gasteiger partial charge in [-0.3, -0.25) is 4.90 Å². The van der Waals surface area contributed by atoms with E-state index in [2.05, 4.69) is 65.3 Å². The molecule has 0 aliphatic carbocycles. The molecule has 19 heavy (non-hydrogen) atoms. The number of hydrogen-bond acceptors (Lipinski definition) is 2. The molecule has 0 radical (unpaired) electrons. The van der Waals surface area contributed by atoms with E-state index in [0.29, 0.717) is 17.5 Å². The Balaban J connectivity index is 4.16. The number of hydrogen-bond donors (Lipinski definition) is 0. The maximum atomic E-state index is 2.64. The first kappa shape index (κ1) is 18.9. The zero-order chi connectivity index (χ0) is 15.1. The van der Waals surface area contributed by atoms with Crippen LogP contribution in [0.5, 0.6) is 0 Å². The van der Waals surface area contributed by atoms with Crippen LogP contribution >= 0.6 is 0 Å². The fourth-order valence-corrected chi connectivity index (χ4v) is 2.74. The van der Waals surface area contributed by atoms with Crippen molar-refractivity contribution < 1.29 is 0 Å². The summed E-state index contributed by atoms with van der Waals surface area (Å²) in [6.07, 6.45) is 3.77. The van der Waals surface area contributed by atoms with E-state index in [-0.39, 0.29) is 0 Å². The summed E-state index contributed by atoms with van der Waals surface area (Å²) in [6.45, 7) is 19.9. The Morgan fingerprint density at radius 1 is 1.00 bits per heavy atom. The number of nitrogens with zero attached hydrogens (tertiary/aromatic N) is 2. The van der Waals surface area contributed by atoms with Crippen LogP contribution in [0.2, 0.25) is 0 Å². The average molecular weight is 271 g/mol. The van der Waals surface area contributed by atoms with E-state index in [0.717, 1.165) is 0 Å². The van der Waals surface area contributed by atoms with Crippen molar-refractivity contribution in [3.63, 3.8) is 0 Å². The summed E-state index contributed by atoms with van der Waals surface area (Å²) in [5.41, 5.74) is 0.444. The van der Waals surface area contributed by atoms with E-state index < -0.39 is 0 Å². The van der Waals surface area contributed by atoms with Gasteiger partial charge in [-0.05, 0) is 65.6 Å². The fourth-order valence-electron chi connectivity index (χ4n) is 2.74. The molecular formula is C17H38N2. The SMILES string of the molecule is CCCN(C(C)C)C(C)CCN(C)CC(C)(C)CC. The molecule has 0 spiro atoms. The molecule has 0 fully saturated rings. The molecule has 1 unspecified atom stereocenters. The molecule has 116 valence electrons. The Labute approximate surface area is 122 Å². The topological polar surface area (TPSA) is 6.48 Å². The summed E-state index contributed by atoms with van der Waals surface area (Å²) in [6, 6.07) is 1.35. The Kier molecular flexibility index (Phi) is 8.93. The van der Waals surface area contributed by atoms with Crippen LogP contribution in [0, 0.1) is 5.41 Å². The largest absolute Gasteiger partial charge is 0.306 e. The molecule has 0 N–H and O–H groups in total. The van der Waals surface area contributed by atoms with Crippen LogP contribution in [0.15, 0.2) is 0 Å². The lowest BCUT2D eigenvalue weighted by Crippen LogP contribution is -2.41. The zero-order valence-electron chi connectivity index (χ0n) is 14.8. The van der Waals surface area contributed by atoms with Crippen molar-refractivity contribution in [3.8, 4) is 0 Å². The van der Waals surface area contributed by atoms with Crippen molar-refractivity contribution in [2.45, 2.75) is 79.8 Å². The van der Waals surface area contributed by atoms with E-state index in [9.17, 15) is 0 Å². The molecule has 1 atom stereocenters. The third-order valence-corrected chi connectivity index (χ3v) is 4.29. The van der Waals surface area contributed by atoms with Crippen molar-refractivity contribution in [3.05, 3.63) is 0 Å². The van der Waals surface area contributed by atoms with Crippen molar-refractivity contribution in [1.29, 1.82) is 0 Å². The maximum Gasteiger partial charge on any atom is 0.00818 e. The smallest absolute Gasteiger partial charge is 0.00818 e. The Bertz CT molecular complexity index is 223. The number of rotatable bonds is 10. The van der Waals surface area contributed by atoms with Crippen molar-refractivity contribution in [2.75, 3.05) is 26.7 Å². The predicted molar refractivity (Wildman–Crippen MR) is 87.8 cm³/mol. The molecule has 2 heteroatoms. The van der Waals surface area contributed by atoms with E-state index in [1.807, 2.05) is 0 Å². The van der Waals surface area contributed by atoms with Gasteiger partial charge in [0.25, 0.3) is 0 Å². The molecule has 0 aromatic heterocycles. The summed E-state index contributed by atoms with van der Waals surface area (Å²) in [5, 5.41) is 0. The molecule has 0 aliphatic rings. The van der Waals surface area contributed by atoms with Crippen LogP contribution in [-0.4, -0.2) is 48.6 Å². The second-order valence-corrected chi connectivity index (χ2v) is 7.22. The van der Waals surface area contributed by atoms with Gasteiger partial charge in [0, 0.05) is 18.6 Å². The minimum absolute atomic E-state index is 0.444. The van der Waals surface area contributed by atoms with E-state index in [1.165, 1.54) is 38.9 Å². The molecule has 0 amide bonds. The molecule has 0 heterocycles. The highest BCUT2D eigenvalue weighted by atomic mass is 15.2. The lowest BCUT2D eigenvalue weighted by atomic mass is 9.90. The standard InChI is InChI=1S/C17H38N2/c1-9-12-19(15(3)4)16(5)11-13-18(8)14-17(6,7)10-2/h15-16H,9-14H2,1-8H3. The average Bonchev–Trinajstić information content (AvgIpc) is 2.32. The summed E-state index contributed by atoms with van der Waals surface area (Å²) < 4.78 is 0. The van der Waals surface area contributed by atoms with Crippen LogP contribution < -0.4 is 0 Å². The fraction of sp³-hybridized carbons (Fsp3) is 1.00. The molecule has 0 aliphatic heterocycles. The van der Waals surface area contributed by atoms with Gasteiger partial charge in [-0.25, -0.2) is 0 Å². The summed E-state index contributed by atoms with van der Waals surface area (Å²) in [7, 11) is 2.27. The highest BCUT2D eigenvalue weighted by Gasteiger charge is 2.20. The minimum Gasteiger partial charge on any atom is -0.306 e. The van der Waals surface area contributed by atoms with Gasteiger partial charge in [0.15, 0.2) is 0 Å². The first-order valence-corrected chi connectivity index (χ1v) is 8.17. The van der Waals surface area contributed by atoms with E-state index in [1.54, 1.807) is 0 Å². The quantitative estimate of drug-likeness (QED) is 0.585. The summed E-state index contributed by atoms with van der Waals surface area (Å²) >= 11 is 0. The molecule has 0 saturated carbocycles. The van der Waals surface area contributed by atoms with Crippen LogP contribution in [0.1, 0.15) is 67.7 Å². The Hall–Kier alpha value is -0.0800. The molecule has 2 nitrogen and oxygen atoms in total. The van der Waals surface area contributed by atoms with Crippen LogP contribution in [0.25, 0.3) is 0 Å². The first-order valence-electron chi connectivity index (χ1n) is 8.17. The molecule has 0 bridgehead atoms. The van der Waals surface area contributed by atoms with Crippen molar-refractivity contribution in [1.82, 2.24) is 9.80 Å².